The Balaban J connectivity index is 1.76. The third-order valence-electron chi connectivity index (χ3n) is 9.13. The summed E-state index contributed by atoms with van der Waals surface area (Å²) in [5.41, 5.74) is 18.4. The van der Waals surface area contributed by atoms with Crippen LogP contribution in [0.25, 0.3) is 0 Å². The number of nitrogens with one attached hydrogen (secondary N) is 3. The van der Waals surface area contributed by atoms with Gasteiger partial charge in [0.25, 0.3) is 0 Å². The van der Waals surface area contributed by atoms with Gasteiger partial charge >= 0.3 is 5.97 Å². The van der Waals surface area contributed by atoms with Gasteiger partial charge in [-0.1, -0.05) is 74.5 Å². The minimum Gasteiger partial charge on any atom is -0.480 e. The highest BCUT2D eigenvalue weighted by atomic mass is 16.4. The molecule has 2 aromatic carbocycles. The molecular formula is C37H55N7O6. The summed E-state index contributed by atoms with van der Waals surface area (Å²) < 4.78 is 0. The summed E-state index contributed by atoms with van der Waals surface area (Å²) >= 11 is 0. The zero-order valence-corrected chi connectivity index (χ0v) is 29.3. The Bertz CT molecular complexity index is 1400. The van der Waals surface area contributed by atoms with Crippen LogP contribution < -0.4 is 33.2 Å². The van der Waals surface area contributed by atoms with Gasteiger partial charge in [0.05, 0.1) is 6.04 Å². The topological polar surface area (TPSA) is 223 Å². The second kappa shape index (κ2) is 19.8. The molecule has 1 aliphatic rings. The fourth-order valence-corrected chi connectivity index (χ4v) is 6.02. The highest BCUT2D eigenvalue weighted by molar-refractivity contribution is 5.95. The third kappa shape index (κ3) is 12.5. The van der Waals surface area contributed by atoms with Crippen LogP contribution in [0.4, 0.5) is 0 Å². The van der Waals surface area contributed by atoms with Gasteiger partial charge in [-0.25, -0.2) is 0 Å². The minimum absolute atomic E-state index is 0.00452. The summed E-state index contributed by atoms with van der Waals surface area (Å²) in [5, 5.41) is 18.1. The van der Waals surface area contributed by atoms with Crippen molar-refractivity contribution in [2.75, 3.05) is 19.6 Å². The third-order valence-corrected chi connectivity index (χ3v) is 9.13. The number of carboxylic acids is 1. The minimum atomic E-state index is -1.40. The predicted octanol–water partition coefficient (Wildman–Crippen LogP) is 1.22. The van der Waals surface area contributed by atoms with E-state index < -0.39 is 53.4 Å². The van der Waals surface area contributed by atoms with E-state index in [1.54, 1.807) is 0 Å². The van der Waals surface area contributed by atoms with E-state index in [9.17, 15) is 29.1 Å². The maximum absolute atomic E-state index is 13.9. The molecule has 0 bridgehead atoms. The predicted molar refractivity (Wildman–Crippen MR) is 191 cm³/mol. The Hall–Kier alpha value is -4.33. The lowest BCUT2D eigenvalue weighted by Gasteiger charge is -2.38. The number of piperidine rings is 1. The number of benzene rings is 2. The van der Waals surface area contributed by atoms with E-state index in [1.165, 1.54) is 4.90 Å². The molecule has 13 heteroatoms. The van der Waals surface area contributed by atoms with Gasteiger partial charge in [0, 0.05) is 13.1 Å². The van der Waals surface area contributed by atoms with Crippen LogP contribution in [-0.2, 0) is 36.8 Å². The number of nitrogens with zero attached hydrogens (tertiary/aromatic N) is 1. The molecule has 0 saturated carbocycles. The van der Waals surface area contributed by atoms with E-state index in [2.05, 4.69) is 16.0 Å². The number of unbranched alkanes of at least 4 members (excludes halogenated alkanes) is 1. The van der Waals surface area contributed by atoms with Crippen LogP contribution in [0.3, 0.4) is 0 Å². The molecule has 1 saturated heterocycles. The fourth-order valence-electron chi connectivity index (χ4n) is 6.02. The van der Waals surface area contributed by atoms with Crippen LogP contribution in [0.2, 0.25) is 0 Å². The summed E-state index contributed by atoms with van der Waals surface area (Å²) in [6, 6.07) is 15.2. The van der Waals surface area contributed by atoms with Crippen molar-refractivity contribution < 1.29 is 29.1 Å². The zero-order valence-electron chi connectivity index (χ0n) is 29.3. The number of hydrogen-bond donors (Lipinski definition) is 7. The molecule has 4 atom stereocenters. The molecule has 1 heterocycles. The summed E-state index contributed by atoms with van der Waals surface area (Å²) in [4.78, 5) is 67.8. The van der Waals surface area contributed by atoms with Gasteiger partial charge in [-0.15, -0.1) is 0 Å². The van der Waals surface area contributed by atoms with E-state index in [0.717, 1.165) is 11.1 Å². The average Bonchev–Trinajstić information content (AvgIpc) is 3.09. The molecule has 0 spiro atoms. The Kier molecular flexibility index (Phi) is 15.8. The second-order valence-corrected chi connectivity index (χ2v) is 13.7. The summed E-state index contributed by atoms with van der Waals surface area (Å²) in [7, 11) is 0. The summed E-state index contributed by atoms with van der Waals surface area (Å²) in [5.74, 6) is -2.98. The van der Waals surface area contributed by atoms with Crippen molar-refractivity contribution in [3.8, 4) is 0 Å². The quantitative estimate of drug-likeness (QED) is 0.105. The molecule has 0 unspecified atom stereocenters. The number of carbonyl (C=O) groups excluding carboxylic acids is 4. The maximum Gasteiger partial charge on any atom is 0.323 e. The fraction of sp³-hybridized carbons (Fsp3) is 0.541. The molecule has 274 valence electrons. The molecule has 1 fully saturated rings. The number of amides is 4. The highest BCUT2D eigenvalue weighted by Gasteiger charge is 2.40. The Morgan fingerprint density at radius 3 is 1.88 bits per heavy atom. The Labute approximate surface area is 295 Å². The Morgan fingerprint density at radius 1 is 0.780 bits per heavy atom. The van der Waals surface area contributed by atoms with Gasteiger partial charge in [0.1, 0.15) is 23.7 Å². The molecule has 13 nitrogen and oxygen atoms in total. The first-order valence-corrected chi connectivity index (χ1v) is 17.6. The average molecular weight is 694 g/mol. The Morgan fingerprint density at radius 2 is 1.32 bits per heavy atom. The maximum atomic E-state index is 13.9. The van der Waals surface area contributed by atoms with Gasteiger partial charge in [0.2, 0.25) is 23.6 Å². The van der Waals surface area contributed by atoms with E-state index >= 15 is 0 Å². The van der Waals surface area contributed by atoms with Crippen molar-refractivity contribution in [2.45, 2.75) is 101 Å². The first-order chi connectivity index (χ1) is 23.8. The molecule has 50 heavy (non-hydrogen) atoms. The standard InChI is InChI=1S/C37H55N7O6/c1-25(2)23-31(34(47)42-30(15-9-10-20-38)35(48)44-21-18-37(40,19-22-44)36(49)50)43-33(46)29(17-16-26-11-5-3-6-12-26)41-32(45)28(39)24-27-13-7-4-8-14-27/h3-8,11-14,25,28-31H,9-10,15-24,38-40H2,1-2H3,(H,41,45)(H,42,47)(H,43,46)(H,49,50)/t28-,29-,30-,31-/m1/s1. The lowest BCUT2D eigenvalue weighted by atomic mass is 9.88. The molecule has 2 aromatic rings. The van der Waals surface area contributed by atoms with Crippen LogP contribution in [0.1, 0.15) is 69.9 Å². The number of likely N-dealkylation sites (tertiary alicyclic amines) is 1. The molecule has 0 aliphatic carbocycles. The highest BCUT2D eigenvalue weighted by Crippen LogP contribution is 2.21. The second-order valence-electron chi connectivity index (χ2n) is 13.7. The van der Waals surface area contributed by atoms with Crippen molar-refractivity contribution in [1.29, 1.82) is 0 Å². The normalized spacial score (nSPS) is 16.5. The monoisotopic (exact) mass is 693 g/mol. The first-order valence-electron chi connectivity index (χ1n) is 17.6. The van der Waals surface area contributed by atoms with Gasteiger partial charge in [-0.05, 0) is 81.4 Å². The summed E-state index contributed by atoms with van der Waals surface area (Å²) in [6.07, 6.45) is 3.06. The summed E-state index contributed by atoms with van der Waals surface area (Å²) in [6.45, 7) is 4.55. The van der Waals surface area contributed by atoms with Gasteiger partial charge < -0.3 is 43.2 Å². The zero-order chi connectivity index (χ0) is 36.7. The molecule has 0 aromatic heterocycles. The van der Waals surface area contributed by atoms with Gasteiger partial charge in [-0.2, -0.15) is 0 Å². The largest absolute Gasteiger partial charge is 0.480 e. The number of carboxylic acid groups (broad SMARTS) is 1. The van der Waals surface area contributed by atoms with E-state index in [0.29, 0.717) is 32.2 Å². The number of rotatable bonds is 19. The van der Waals surface area contributed by atoms with Crippen LogP contribution in [0, 0.1) is 5.92 Å². The van der Waals surface area contributed by atoms with Crippen LogP contribution >= 0.6 is 0 Å². The van der Waals surface area contributed by atoms with Gasteiger partial charge in [0.15, 0.2) is 0 Å². The van der Waals surface area contributed by atoms with Crippen LogP contribution in [-0.4, -0.2) is 88.9 Å². The van der Waals surface area contributed by atoms with Crippen LogP contribution in [0.15, 0.2) is 60.7 Å². The molecular weight excluding hydrogens is 638 g/mol. The van der Waals surface area contributed by atoms with E-state index in [1.807, 2.05) is 74.5 Å². The molecule has 3 rings (SSSR count). The smallest absolute Gasteiger partial charge is 0.323 e. The van der Waals surface area contributed by atoms with Gasteiger partial charge in [-0.3, -0.25) is 24.0 Å². The van der Waals surface area contributed by atoms with E-state index in [-0.39, 0.29) is 57.0 Å². The molecule has 4 amide bonds. The van der Waals surface area contributed by atoms with Crippen molar-refractivity contribution in [3.05, 3.63) is 71.8 Å². The van der Waals surface area contributed by atoms with Crippen molar-refractivity contribution in [1.82, 2.24) is 20.9 Å². The lowest BCUT2D eigenvalue weighted by molar-refractivity contribution is -0.148. The molecule has 0 radical (unpaired) electrons. The first kappa shape index (κ1) is 40.1. The number of aliphatic carboxylic acids is 1. The van der Waals surface area contributed by atoms with Crippen molar-refractivity contribution >= 4 is 29.6 Å². The van der Waals surface area contributed by atoms with Crippen LogP contribution in [0.5, 0.6) is 0 Å². The number of nitrogens with two attached hydrogens (primary N) is 3. The molecule has 1 aliphatic heterocycles. The number of carbonyl (C=O) groups is 5. The SMILES string of the molecule is CC(C)C[C@@H](NC(=O)[C@@H](CCc1ccccc1)NC(=O)[C@H](N)Cc1ccccc1)C(=O)N[C@H](CCCCN)C(=O)N1CCC(N)(C(=O)O)CC1. The molecule has 10 N–H and O–H groups in total. The number of aryl methyl sites for hydroxylation is 1. The lowest BCUT2D eigenvalue weighted by Crippen LogP contribution is -2.60. The number of hydrogen-bond acceptors (Lipinski definition) is 8. The van der Waals surface area contributed by atoms with Crippen molar-refractivity contribution in [3.63, 3.8) is 0 Å². The van der Waals surface area contributed by atoms with E-state index in [4.69, 9.17) is 17.2 Å². The van der Waals surface area contributed by atoms with Crippen molar-refractivity contribution in [2.24, 2.45) is 23.1 Å².